The van der Waals surface area contributed by atoms with Crippen LogP contribution in [0.25, 0.3) is 0 Å². The molecule has 0 heterocycles. The Morgan fingerprint density at radius 3 is 1.58 bits per heavy atom. The topological polar surface area (TPSA) is 66.4 Å². The Morgan fingerprint density at radius 1 is 0.833 bits per heavy atom. The Kier molecular flexibility index (Phi) is 21.0. The van der Waals surface area contributed by atoms with Gasteiger partial charge in [-0.05, 0) is 13.3 Å². The van der Waals surface area contributed by atoms with E-state index in [2.05, 4.69) is 12.2 Å². The maximum absolute atomic E-state index is 11.5. The number of hydrogen-bond donors (Lipinski definition) is 2. The van der Waals surface area contributed by atoms with Gasteiger partial charge >= 0.3 is 35.5 Å². The summed E-state index contributed by atoms with van der Waals surface area (Å²) < 4.78 is 0. The minimum Gasteiger partial charge on any atom is -1.00 e. The molecule has 2 N–H and O–H groups in total. The van der Waals surface area contributed by atoms with Crippen molar-refractivity contribution < 1.29 is 45.7 Å². The molecule has 1 amide bonds. The van der Waals surface area contributed by atoms with Crippen LogP contribution in [0.2, 0.25) is 0 Å². The monoisotopic (exact) mass is 351 g/mol. The van der Waals surface area contributed by atoms with Crippen molar-refractivity contribution in [1.82, 2.24) is 5.32 Å². The Balaban J connectivity index is -0.00000242. The van der Waals surface area contributed by atoms with Crippen LogP contribution in [0.1, 0.15) is 105 Å². The van der Waals surface area contributed by atoms with Gasteiger partial charge in [-0.15, -0.1) is 0 Å². The van der Waals surface area contributed by atoms with Crippen LogP contribution in [0.4, 0.5) is 0 Å². The number of unbranched alkanes of at least 4 members (excludes halogenated alkanes) is 12. The molecular weight excluding hydrogens is 313 g/mol. The van der Waals surface area contributed by atoms with Gasteiger partial charge in [0.2, 0.25) is 5.91 Å². The minimum absolute atomic E-state index is 0. The van der Waals surface area contributed by atoms with Crippen LogP contribution in [0, 0.1) is 0 Å². The molecule has 138 valence electrons. The van der Waals surface area contributed by atoms with Crippen molar-refractivity contribution in [2.24, 2.45) is 0 Å². The number of carbonyl (C=O) groups is 2. The molecule has 0 aromatic carbocycles. The van der Waals surface area contributed by atoms with E-state index >= 15 is 0 Å². The van der Waals surface area contributed by atoms with Crippen molar-refractivity contribution in [3.63, 3.8) is 0 Å². The molecule has 0 saturated heterocycles. The fraction of sp³-hybridized carbons (Fsp3) is 0.895. The van der Waals surface area contributed by atoms with Crippen LogP contribution in [-0.2, 0) is 9.59 Å². The van der Waals surface area contributed by atoms with Gasteiger partial charge < -0.3 is 11.8 Å². The van der Waals surface area contributed by atoms with Gasteiger partial charge in [0.05, 0.1) is 0 Å². The van der Waals surface area contributed by atoms with E-state index in [1.807, 2.05) is 0 Å². The number of nitrogens with one attached hydrogen (secondary N) is 1. The van der Waals surface area contributed by atoms with Gasteiger partial charge in [-0.2, -0.15) is 0 Å². The molecular formula is C19H38NNaO3. The van der Waals surface area contributed by atoms with Gasteiger partial charge in [0.1, 0.15) is 6.04 Å². The van der Waals surface area contributed by atoms with Crippen molar-refractivity contribution in [1.29, 1.82) is 0 Å². The summed E-state index contributed by atoms with van der Waals surface area (Å²) in [6.07, 6.45) is 17.1. The summed E-state index contributed by atoms with van der Waals surface area (Å²) in [4.78, 5) is 22.1. The Labute approximate surface area is 172 Å². The molecule has 1 atom stereocenters. The van der Waals surface area contributed by atoms with Crippen LogP contribution in [0.3, 0.4) is 0 Å². The van der Waals surface area contributed by atoms with Crippen LogP contribution in [-0.4, -0.2) is 23.0 Å². The number of hydrogen-bond acceptors (Lipinski definition) is 2. The van der Waals surface area contributed by atoms with Crippen LogP contribution in [0.15, 0.2) is 0 Å². The third-order valence-electron chi connectivity index (χ3n) is 4.26. The smallest absolute Gasteiger partial charge is 1.00 e. The first-order valence-electron chi connectivity index (χ1n) is 9.60. The second-order valence-electron chi connectivity index (χ2n) is 6.62. The minimum atomic E-state index is -0.983. The van der Waals surface area contributed by atoms with Crippen molar-refractivity contribution in [2.75, 3.05) is 0 Å². The number of carboxylic acids is 1. The van der Waals surface area contributed by atoms with Gasteiger partial charge in [-0.3, -0.25) is 9.59 Å². The molecule has 0 saturated carbocycles. The van der Waals surface area contributed by atoms with Crippen LogP contribution >= 0.6 is 0 Å². The predicted octanol–water partition coefficient (Wildman–Crippen LogP) is 2.17. The van der Waals surface area contributed by atoms with E-state index in [9.17, 15) is 9.59 Å². The maximum Gasteiger partial charge on any atom is 1.00 e. The Morgan fingerprint density at radius 2 is 1.21 bits per heavy atom. The Hall–Kier alpha value is -0.0600. The molecule has 0 aliphatic rings. The van der Waals surface area contributed by atoms with Gasteiger partial charge in [-0.25, -0.2) is 0 Å². The molecule has 0 aliphatic carbocycles. The molecule has 0 fully saturated rings. The quantitative estimate of drug-likeness (QED) is 0.331. The van der Waals surface area contributed by atoms with Gasteiger partial charge in [0.15, 0.2) is 0 Å². The van der Waals surface area contributed by atoms with Crippen molar-refractivity contribution >= 4 is 11.9 Å². The SMILES string of the molecule is CCCCCCCCCCCCCCCC(=O)N[C@@H](C)C(=O)O.[H-].[Na+]. The summed E-state index contributed by atoms with van der Waals surface area (Å²) in [6, 6.07) is -0.788. The fourth-order valence-corrected chi connectivity index (χ4v) is 2.68. The standard InChI is InChI=1S/C19H37NO3.Na.H/c1-3-4-5-6-7-8-9-10-11-12-13-14-15-16-18(21)20-17(2)19(22)23;;/h17H,3-16H2,1-2H3,(H,20,21)(H,22,23);;/q;+1;-1/t17-;;/m0../s1. The largest absolute Gasteiger partial charge is 1.00 e. The molecule has 0 aliphatic heterocycles. The summed E-state index contributed by atoms with van der Waals surface area (Å²) in [7, 11) is 0. The molecule has 0 spiro atoms. The predicted molar refractivity (Wildman–Crippen MR) is 96.7 cm³/mol. The Bertz CT molecular complexity index is 317. The molecule has 4 nitrogen and oxygen atoms in total. The van der Waals surface area contributed by atoms with Crippen molar-refractivity contribution in [3.8, 4) is 0 Å². The van der Waals surface area contributed by atoms with Crippen LogP contribution < -0.4 is 34.9 Å². The van der Waals surface area contributed by atoms with E-state index in [0.29, 0.717) is 6.42 Å². The van der Waals surface area contributed by atoms with Gasteiger partial charge in [-0.1, -0.05) is 84.0 Å². The third-order valence-corrected chi connectivity index (χ3v) is 4.26. The van der Waals surface area contributed by atoms with Gasteiger partial charge in [0.25, 0.3) is 0 Å². The average molecular weight is 352 g/mol. The van der Waals surface area contributed by atoms with Crippen molar-refractivity contribution in [2.45, 2.75) is 110 Å². The zero-order valence-corrected chi connectivity index (χ0v) is 18.2. The van der Waals surface area contributed by atoms with E-state index in [0.717, 1.165) is 12.8 Å². The molecule has 0 aromatic heterocycles. The van der Waals surface area contributed by atoms with Crippen molar-refractivity contribution in [3.05, 3.63) is 0 Å². The summed E-state index contributed by atoms with van der Waals surface area (Å²) in [5.74, 6) is -1.13. The molecule has 24 heavy (non-hydrogen) atoms. The molecule has 0 unspecified atom stereocenters. The van der Waals surface area contributed by atoms with E-state index < -0.39 is 12.0 Å². The van der Waals surface area contributed by atoms with Crippen LogP contribution in [0.5, 0.6) is 0 Å². The maximum atomic E-state index is 11.5. The number of carbonyl (C=O) groups excluding carboxylic acids is 1. The van der Waals surface area contributed by atoms with E-state index in [-0.39, 0.29) is 36.9 Å². The summed E-state index contributed by atoms with van der Waals surface area (Å²) >= 11 is 0. The molecule has 0 aromatic rings. The number of rotatable bonds is 16. The number of amides is 1. The molecule has 5 heteroatoms. The second-order valence-corrected chi connectivity index (χ2v) is 6.62. The fourth-order valence-electron chi connectivity index (χ4n) is 2.68. The zero-order valence-electron chi connectivity index (χ0n) is 17.2. The first kappa shape index (κ1) is 26.2. The summed E-state index contributed by atoms with van der Waals surface area (Å²) in [5, 5.41) is 11.2. The first-order chi connectivity index (χ1) is 11.1. The van der Waals surface area contributed by atoms with E-state index in [1.165, 1.54) is 77.6 Å². The third kappa shape index (κ3) is 18.3. The second kappa shape index (κ2) is 19.3. The summed E-state index contributed by atoms with van der Waals surface area (Å²) in [5.41, 5.74) is 0. The van der Waals surface area contributed by atoms with E-state index in [1.54, 1.807) is 0 Å². The average Bonchev–Trinajstić information content (AvgIpc) is 2.51. The van der Waals surface area contributed by atoms with E-state index in [4.69, 9.17) is 5.11 Å². The molecule has 0 radical (unpaired) electrons. The summed E-state index contributed by atoms with van der Waals surface area (Å²) in [6.45, 7) is 3.74. The number of carboxylic acid groups (broad SMARTS) is 1. The zero-order chi connectivity index (χ0) is 17.3. The molecule has 0 bridgehead atoms. The molecule has 0 rings (SSSR count). The first-order valence-corrected chi connectivity index (χ1v) is 9.60. The number of aliphatic carboxylic acids is 1. The van der Waals surface area contributed by atoms with Gasteiger partial charge in [0, 0.05) is 6.42 Å². The normalized spacial score (nSPS) is 11.6.